The Morgan fingerprint density at radius 2 is 1.83 bits per heavy atom. The number of thioether (sulfide) groups is 1. The average molecular weight is 438 g/mol. The molecule has 3 amide bonds. The number of hydrogen-bond donors (Lipinski definition) is 3. The summed E-state index contributed by atoms with van der Waals surface area (Å²) in [6.45, 7) is -0.782. The van der Waals surface area contributed by atoms with Crippen LogP contribution in [0.1, 0.15) is 11.1 Å². The molecule has 1 aliphatic heterocycles. The van der Waals surface area contributed by atoms with E-state index in [1.807, 2.05) is 0 Å². The van der Waals surface area contributed by atoms with Gasteiger partial charge in [-0.25, -0.2) is 0 Å². The lowest BCUT2D eigenvalue weighted by Crippen LogP contribution is -2.36. The summed E-state index contributed by atoms with van der Waals surface area (Å²) in [6.07, 6.45) is -3.49. The molecule has 3 rings (SSSR count). The molecule has 1 aliphatic rings. The number of benzene rings is 2. The molecule has 0 bridgehead atoms. The van der Waals surface area contributed by atoms with Crippen LogP contribution >= 0.6 is 11.8 Å². The van der Waals surface area contributed by atoms with Gasteiger partial charge in [0.1, 0.15) is 18.0 Å². The Hall–Kier alpha value is -3.47. The highest BCUT2D eigenvalue weighted by Crippen LogP contribution is 2.36. The molecule has 2 aromatic carbocycles. The van der Waals surface area contributed by atoms with Crippen LogP contribution in [0.5, 0.6) is 11.5 Å². The van der Waals surface area contributed by atoms with Crippen LogP contribution < -0.4 is 5.32 Å². The number of amides is 3. The third kappa shape index (κ3) is 4.57. The SMILES string of the molecule is O=C(CN1C(=O)S/C(=C\c2ccc(O)cc2O)C1=O)Nc1ccccc1C(F)(F)F. The number of aromatic hydroxyl groups is 2. The zero-order valence-electron chi connectivity index (χ0n) is 14.9. The van der Waals surface area contributed by atoms with E-state index in [4.69, 9.17) is 0 Å². The van der Waals surface area contributed by atoms with Crippen molar-refractivity contribution in [3.8, 4) is 11.5 Å². The second-order valence-corrected chi connectivity index (χ2v) is 7.10. The maximum absolute atomic E-state index is 13.0. The van der Waals surface area contributed by atoms with Crippen molar-refractivity contribution in [2.24, 2.45) is 0 Å². The predicted octanol–water partition coefficient (Wildman–Crippen LogP) is 3.79. The molecule has 2 aromatic rings. The number of halogens is 3. The first-order valence-corrected chi connectivity index (χ1v) is 9.11. The minimum atomic E-state index is -4.69. The first-order chi connectivity index (χ1) is 14.1. The van der Waals surface area contributed by atoms with E-state index < -0.39 is 41.0 Å². The smallest absolute Gasteiger partial charge is 0.418 e. The van der Waals surface area contributed by atoms with Crippen LogP contribution in [-0.4, -0.2) is 38.7 Å². The molecule has 0 radical (unpaired) electrons. The van der Waals surface area contributed by atoms with E-state index in [1.54, 1.807) is 0 Å². The monoisotopic (exact) mass is 438 g/mol. The summed E-state index contributed by atoms with van der Waals surface area (Å²) in [6, 6.07) is 7.95. The first kappa shape index (κ1) is 21.2. The van der Waals surface area contributed by atoms with Crippen molar-refractivity contribution in [1.29, 1.82) is 0 Å². The zero-order chi connectivity index (χ0) is 22.1. The summed E-state index contributed by atoms with van der Waals surface area (Å²) < 4.78 is 39.1. The quantitative estimate of drug-likeness (QED) is 0.627. The Labute approximate surface area is 171 Å². The van der Waals surface area contributed by atoms with Crippen molar-refractivity contribution >= 4 is 40.6 Å². The van der Waals surface area contributed by atoms with Gasteiger partial charge in [-0.1, -0.05) is 12.1 Å². The second kappa shape index (κ2) is 8.11. The van der Waals surface area contributed by atoms with Crippen LogP contribution in [0.15, 0.2) is 47.4 Å². The minimum Gasteiger partial charge on any atom is -0.508 e. The number of rotatable bonds is 4. The van der Waals surface area contributed by atoms with Gasteiger partial charge in [0.15, 0.2) is 0 Å². The number of carbonyl (C=O) groups excluding carboxylic acids is 3. The van der Waals surface area contributed by atoms with Gasteiger partial charge in [-0.2, -0.15) is 13.2 Å². The van der Waals surface area contributed by atoms with E-state index in [2.05, 4.69) is 5.32 Å². The van der Waals surface area contributed by atoms with Crippen LogP contribution in [0.3, 0.4) is 0 Å². The van der Waals surface area contributed by atoms with Gasteiger partial charge in [-0.15, -0.1) is 0 Å². The van der Waals surface area contributed by atoms with Gasteiger partial charge in [0, 0.05) is 11.6 Å². The highest BCUT2D eigenvalue weighted by Gasteiger charge is 2.37. The molecule has 30 heavy (non-hydrogen) atoms. The number of imide groups is 1. The molecule has 1 fully saturated rings. The van der Waals surface area contributed by atoms with Crippen LogP contribution in [0, 0.1) is 0 Å². The Morgan fingerprint density at radius 1 is 1.13 bits per heavy atom. The molecule has 0 aromatic heterocycles. The van der Waals surface area contributed by atoms with Crippen molar-refractivity contribution in [3.63, 3.8) is 0 Å². The first-order valence-electron chi connectivity index (χ1n) is 8.29. The number of carbonyl (C=O) groups is 3. The van der Waals surface area contributed by atoms with Crippen molar-refractivity contribution < 1.29 is 37.8 Å². The summed E-state index contributed by atoms with van der Waals surface area (Å²) in [4.78, 5) is 37.2. The fraction of sp³-hybridized carbons (Fsp3) is 0.105. The number of hydrogen-bond acceptors (Lipinski definition) is 6. The molecular weight excluding hydrogens is 425 g/mol. The molecular formula is C19H13F3N2O5S. The van der Waals surface area contributed by atoms with Gasteiger partial charge in [0.2, 0.25) is 5.91 Å². The number of anilines is 1. The summed E-state index contributed by atoms with van der Waals surface area (Å²) in [5, 5.41) is 20.4. The Bertz CT molecular complexity index is 1070. The normalized spacial score (nSPS) is 15.7. The third-order valence-corrected chi connectivity index (χ3v) is 4.89. The van der Waals surface area contributed by atoms with Gasteiger partial charge in [0.25, 0.3) is 11.1 Å². The van der Waals surface area contributed by atoms with Gasteiger partial charge >= 0.3 is 6.18 Å². The van der Waals surface area contributed by atoms with Crippen LogP contribution in [-0.2, 0) is 15.8 Å². The molecule has 11 heteroatoms. The largest absolute Gasteiger partial charge is 0.508 e. The van der Waals surface area contributed by atoms with Crippen LogP contribution in [0.25, 0.3) is 6.08 Å². The summed E-state index contributed by atoms with van der Waals surface area (Å²) in [5.41, 5.74) is -1.40. The summed E-state index contributed by atoms with van der Waals surface area (Å²) in [7, 11) is 0. The molecule has 0 spiro atoms. The maximum Gasteiger partial charge on any atom is 0.418 e. The number of nitrogens with zero attached hydrogens (tertiary/aromatic N) is 1. The number of para-hydroxylation sites is 1. The second-order valence-electron chi connectivity index (χ2n) is 6.10. The molecule has 3 N–H and O–H groups in total. The number of nitrogens with one attached hydrogen (secondary N) is 1. The highest BCUT2D eigenvalue weighted by atomic mass is 32.2. The highest BCUT2D eigenvalue weighted by molar-refractivity contribution is 8.18. The number of phenolic OH excluding ortho intramolecular Hbond substituents is 2. The fourth-order valence-corrected chi connectivity index (χ4v) is 3.43. The van der Waals surface area contributed by atoms with E-state index in [9.17, 15) is 37.8 Å². The van der Waals surface area contributed by atoms with Crippen LogP contribution in [0.4, 0.5) is 23.7 Å². The van der Waals surface area contributed by atoms with E-state index in [1.165, 1.54) is 30.3 Å². The maximum atomic E-state index is 13.0. The molecule has 156 valence electrons. The predicted molar refractivity (Wildman–Crippen MR) is 103 cm³/mol. The molecule has 1 saturated heterocycles. The Morgan fingerprint density at radius 3 is 2.50 bits per heavy atom. The summed E-state index contributed by atoms with van der Waals surface area (Å²) in [5.74, 6) is -2.35. The van der Waals surface area contributed by atoms with Crippen molar-refractivity contribution in [2.75, 3.05) is 11.9 Å². The Kier molecular flexibility index (Phi) is 5.74. The van der Waals surface area contributed by atoms with Gasteiger partial charge in [-0.05, 0) is 42.1 Å². The molecule has 0 saturated carbocycles. The molecule has 0 aliphatic carbocycles. The van der Waals surface area contributed by atoms with Gasteiger partial charge < -0.3 is 15.5 Å². The number of alkyl halides is 3. The molecule has 0 unspecified atom stereocenters. The van der Waals surface area contributed by atoms with E-state index in [0.29, 0.717) is 16.7 Å². The van der Waals surface area contributed by atoms with E-state index in [-0.39, 0.29) is 22.0 Å². The average Bonchev–Trinajstić information content (AvgIpc) is 2.91. The molecule has 1 heterocycles. The topological polar surface area (TPSA) is 107 Å². The van der Waals surface area contributed by atoms with Crippen molar-refractivity contribution in [3.05, 3.63) is 58.5 Å². The molecule has 7 nitrogen and oxygen atoms in total. The van der Waals surface area contributed by atoms with Gasteiger partial charge in [0.05, 0.1) is 16.2 Å². The van der Waals surface area contributed by atoms with Crippen molar-refractivity contribution in [1.82, 2.24) is 4.90 Å². The zero-order valence-corrected chi connectivity index (χ0v) is 15.8. The lowest BCUT2D eigenvalue weighted by atomic mass is 10.1. The van der Waals surface area contributed by atoms with E-state index >= 15 is 0 Å². The lowest BCUT2D eigenvalue weighted by molar-refractivity contribution is -0.137. The Balaban J connectivity index is 1.75. The van der Waals surface area contributed by atoms with E-state index in [0.717, 1.165) is 18.2 Å². The standard InChI is InChI=1S/C19H13F3N2O5S/c20-19(21,22)12-3-1-2-4-13(12)23-16(27)9-24-17(28)15(30-18(24)29)7-10-5-6-11(25)8-14(10)26/h1-8,25-26H,9H2,(H,23,27)/b15-7-. The fourth-order valence-electron chi connectivity index (χ4n) is 2.60. The lowest BCUT2D eigenvalue weighted by Gasteiger charge is -2.15. The van der Waals surface area contributed by atoms with Crippen molar-refractivity contribution in [2.45, 2.75) is 6.18 Å². The third-order valence-electron chi connectivity index (χ3n) is 3.98. The van der Waals surface area contributed by atoms with Gasteiger partial charge in [-0.3, -0.25) is 19.3 Å². The summed E-state index contributed by atoms with van der Waals surface area (Å²) >= 11 is 0.510. The van der Waals surface area contributed by atoms with Crippen LogP contribution in [0.2, 0.25) is 0 Å². The minimum absolute atomic E-state index is 0.0931. The molecule has 0 atom stereocenters. The number of phenols is 2.